The van der Waals surface area contributed by atoms with Crippen LogP contribution in [-0.2, 0) is 27.8 Å². The first-order valence-corrected chi connectivity index (χ1v) is 15.5. The van der Waals surface area contributed by atoms with Gasteiger partial charge in [-0.1, -0.05) is 48.4 Å². The molecule has 0 spiro atoms. The van der Waals surface area contributed by atoms with Gasteiger partial charge in [0.1, 0.15) is 0 Å². The molecule has 1 saturated heterocycles. The molecule has 1 aliphatic carbocycles. The summed E-state index contributed by atoms with van der Waals surface area (Å²) in [6.07, 6.45) is 6.93. The summed E-state index contributed by atoms with van der Waals surface area (Å²) in [7, 11) is -3.77. The third-order valence-corrected chi connectivity index (χ3v) is 9.47. The predicted molar refractivity (Wildman–Crippen MR) is 153 cm³/mol. The topological polar surface area (TPSA) is 78.5 Å². The average Bonchev–Trinajstić information content (AvgIpc) is 2.88. The number of piperidine rings is 1. The van der Waals surface area contributed by atoms with Gasteiger partial charge < -0.3 is 5.32 Å². The minimum atomic E-state index is -3.77. The highest BCUT2D eigenvalue weighted by atomic mass is 35.5. The van der Waals surface area contributed by atoms with E-state index in [1.165, 1.54) is 49.0 Å². The summed E-state index contributed by atoms with van der Waals surface area (Å²) >= 11 is 6.04. The number of amides is 1. The van der Waals surface area contributed by atoms with Crippen molar-refractivity contribution in [2.75, 3.05) is 13.1 Å². The van der Waals surface area contributed by atoms with Crippen molar-refractivity contribution in [3.8, 4) is 0 Å². The number of hydrogen-bond acceptors (Lipinski definition) is 4. The van der Waals surface area contributed by atoms with E-state index < -0.39 is 16.1 Å². The van der Waals surface area contributed by atoms with Crippen LogP contribution in [0.5, 0.6) is 0 Å². The molecule has 8 heteroatoms. The zero-order chi connectivity index (χ0) is 26.7. The van der Waals surface area contributed by atoms with Gasteiger partial charge in [0, 0.05) is 24.0 Å². The summed E-state index contributed by atoms with van der Waals surface area (Å²) in [4.78, 5) is 15.6. The van der Waals surface area contributed by atoms with Crippen molar-refractivity contribution in [1.29, 1.82) is 0 Å². The van der Waals surface area contributed by atoms with Gasteiger partial charge in [-0.25, -0.2) is 13.1 Å². The predicted octanol–water partition coefficient (Wildman–Crippen LogP) is 5.73. The van der Waals surface area contributed by atoms with E-state index in [9.17, 15) is 13.2 Å². The molecule has 0 saturated carbocycles. The molecule has 0 radical (unpaired) electrons. The number of halogens is 1. The number of carbonyl (C=O) groups is 1. The molecule has 1 amide bonds. The molecule has 202 valence electrons. The third kappa shape index (κ3) is 6.57. The summed E-state index contributed by atoms with van der Waals surface area (Å²) in [5.74, 6) is -0.149. The zero-order valence-corrected chi connectivity index (χ0v) is 23.5. The molecule has 1 fully saturated rings. The van der Waals surface area contributed by atoms with E-state index in [1.807, 2.05) is 0 Å². The molecular weight excluding hydrogens is 518 g/mol. The SMILES string of the molecule is C[C@@H](CC(=O)N[C@@H]1CCCc2cc(CN3CCCCC3)ccc21)NS(=O)(=O)c1ccc2cc(Cl)ccc2c1. The van der Waals surface area contributed by atoms with Crippen LogP contribution < -0.4 is 10.0 Å². The summed E-state index contributed by atoms with van der Waals surface area (Å²) in [6, 6.07) is 16.4. The van der Waals surface area contributed by atoms with Gasteiger partial charge >= 0.3 is 0 Å². The van der Waals surface area contributed by atoms with Crippen LogP contribution >= 0.6 is 11.6 Å². The highest BCUT2D eigenvalue weighted by Gasteiger charge is 2.25. The average molecular weight is 554 g/mol. The second-order valence-electron chi connectivity index (χ2n) is 10.8. The van der Waals surface area contributed by atoms with Crippen LogP contribution in [0.4, 0.5) is 0 Å². The van der Waals surface area contributed by atoms with E-state index in [0.717, 1.165) is 36.6 Å². The van der Waals surface area contributed by atoms with Crippen LogP contribution in [0.2, 0.25) is 5.02 Å². The standard InChI is InChI=1S/C30H36ClN3O3S/c1-21(33-38(36,37)27-12-10-23-18-26(31)11-9-24(23)19-27)16-30(35)32-29-7-5-6-25-17-22(8-13-28(25)29)20-34-14-3-2-4-15-34/h8-13,17-19,21,29,33H,2-7,14-16,20H2,1H3,(H,32,35)/t21-,29+/m0/s1. The van der Waals surface area contributed by atoms with Crippen molar-refractivity contribution in [2.24, 2.45) is 0 Å². The lowest BCUT2D eigenvalue weighted by Gasteiger charge is -2.29. The number of fused-ring (bicyclic) bond motifs is 2. The van der Waals surface area contributed by atoms with Crippen molar-refractivity contribution in [2.45, 2.75) is 75.4 Å². The molecule has 1 heterocycles. The number of rotatable bonds is 8. The maximum absolute atomic E-state index is 13.0. The molecule has 3 aromatic carbocycles. The lowest BCUT2D eigenvalue weighted by molar-refractivity contribution is -0.122. The van der Waals surface area contributed by atoms with Crippen LogP contribution in [0.3, 0.4) is 0 Å². The molecule has 2 N–H and O–H groups in total. The van der Waals surface area contributed by atoms with Crippen molar-refractivity contribution >= 4 is 38.3 Å². The quantitative estimate of drug-likeness (QED) is 0.373. The van der Waals surface area contributed by atoms with Gasteiger partial charge in [-0.05, 0) is 104 Å². The van der Waals surface area contributed by atoms with Gasteiger partial charge in [-0.15, -0.1) is 0 Å². The number of aryl methyl sites for hydroxylation is 1. The first kappa shape index (κ1) is 27.1. The molecule has 38 heavy (non-hydrogen) atoms. The van der Waals surface area contributed by atoms with Crippen LogP contribution in [0, 0.1) is 0 Å². The molecule has 0 bridgehead atoms. The molecule has 0 aromatic heterocycles. The van der Waals surface area contributed by atoms with Crippen molar-refractivity contribution < 1.29 is 13.2 Å². The van der Waals surface area contributed by atoms with Crippen LogP contribution in [0.25, 0.3) is 10.8 Å². The molecule has 2 aliphatic rings. The Labute approximate surface area is 230 Å². The zero-order valence-electron chi connectivity index (χ0n) is 21.9. The van der Waals surface area contributed by atoms with Gasteiger partial charge in [0.2, 0.25) is 15.9 Å². The second-order valence-corrected chi connectivity index (χ2v) is 12.9. The van der Waals surface area contributed by atoms with Crippen LogP contribution in [0.1, 0.15) is 68.2 Å². The fourth-order valence-electron chi connectivity index (χ4n) is 5.76. The molecule has 1 aliphatic heterocycles. The first-order valence-electron chi connectivity index (χ1n) is 13.6. The Balaban J connectivity index is 1.19. The van der Waals surface area contributed by atoms with Gasteiger partial charge in [0.05, 0.1) is 10.9 Å². The number of benzene rings is 3. The smallest absolute Gasteiger partial charge is 0.240 e. The minimum Gasteiger partial charge on any atom is -0.349 e. The molecule has 3 aromatic rings. The Morgan fingerprint density at radius 3 is 2.58 bits per heavy atom. The highest BCUT2D eigenvalue weighted by Crippen LogP contribution is 2.31. The van der Waals surface area contributed by atoms with Crippen LogP contribution in [-0.4, -0.2) is 38.4 Å². The third-order valence-electron chi connectivity index (χ3n) is 7.64. The first-order chi connectivity index (χ1) is 18.3. The lowest BCUT2D eigenvalue weighted by Crippen LogP contribution is -2.39. The summed E-state index contributed by atoms with van der Waals surface area (Å²) in [5, 5.41) is 5.43. The monoisotopic (exact) mass is 553 g/mol. The van der Waals surface area contributed by atoms with E-state index in [-0.39, 0.29) is 23.3 Å². The molecule has 6 nitrogen and oxygen atoms in total. The minimum absolute atomic E-state index is 0.0357. The Morgan fingerprint density at radius 2 is 1.76 bits per heavy atom. The number of carbonyl (C=O) groups excluding carboxylic acids is 1. The van der Waals surface area contributed by atoms with E-state index in [2.05, 4.69) is 33.1 Å². The fourth-order valence-corrected chi connectivity index (χ4v) is 7.22. The Bertz CT molecular complexity index is 1420. The fraction of sp³-hybridized carbons (Fsp3) is 0.433. The molecule has 5 rings (SSSR count). The molecule has 0 unspecified atom stereocenters. The van der Waals surface area contributed by atoms with Gasteiger partial charge in [0.15, 0.2) is 0 Å². The largest absolute Gasteiger partial charge is 0.349 e. The Morgan fingerprint density at radius 1 is 1.00 bits per heavy atom. The van der Waals surface area contributed by atoms with Gasteiger partial charge in [-0.3, -0.25) is 9.69 Å². The number of hydrogen-bond donors (Lipinski definition) is 2. The maximum atomic E-state index is 13.0. The van der Waals surface area contributed by atoms with E-state index >= 15 is 0 Å². The van der Waals surface area contributed by atoms with Crippen molar-refractivity contribution in [3.05, 3.63) is 76.3 Å². The van der Waals surface area contributed by atoms with Gasteiger partial charge in [-0.2, -0.15) is 0 Å². The van der Waals surface area contributed by atoms with E-state index in [4.69, 9.17) is 11.6 Å². The summed E-state index contributed by atoms with van der Waals surface area (Å²) in [6.45, 7) is 5.06. The van der Waals surface area contributed by atoms with E-state index in [0.29, 0.717) is 5.02 Å². The number of nitrogens with one attached hydrogen (secondary N) is 2. The number of likely N-dealkylation sites (tertiary alicyclic amines) is 1. The number of sulfonamides is 1. The normalized spacial score (nSPS) is 19.2. The molecular formula is C30H36ClN3O3S. The summed E-state index contributed by atoms with van der Waals surface area (Å²) in [5.41, 5.74) is 3.86. The second kappa shape index (κ2) is 11.7. The van der Waals surface area contributed by atoms with Gasteiger partial charge in [0.25, 0.3) is 0 Å². The van der Waals surface area contributed by atoms with Crippen LogP contribution in [0.15, 0.2) is 59.5 Å². The Kier molecular flexibility index (Phi) is 8.38. The lowest BCUT2D eigenvalue weighted by atomic mass is 9.86. The number of nitrogens with zero attached hydrogens (tertiary/aromatic N) is 1. The highest BCUT2D eigenvalue weighted by molar-refractivity contribution is 7.89. The van der Waals surface area contributed by atoms with Crippen molar-refractivity contribution in [3.63, 3.8) is 0 Å². The van der Waals surface area contributed by atoms with Crippen molar-refractivity contribution in [1.82, 2.24) is 14.9 Å². The summed E-state index contributed by atoms with van der Waals surface area (Å²) < 4.78 is 28.6. The van der Waals surface area contributed by atoms with E-state index in [1.54, 1.807) is 43.3 Å². The maximum Gasteiger partial charge on any atom is 0.240 e. The Hall–Kier alpha value is -2.45. The molecule has 2 atom stereocenters.